The highest BCUT2D eigenvalue weighted by atomic mass is 16.4. The van der Waals surface area contributed by atoms with Crippen molar-refractivity contribution in [3.63, 3.8) is 0 Å². The molecule has 0 saturated carbocycles. The molecule has 0 saturated heterocycles. The summed E-state index contributed by atoms with van der Waals surface area (Å²) in [5, 5.41) is 20.6. The number of hydrogen-bond donors (Lipinski definition) is 3. The van der Waals surface area contributed by atoms with Crippen LogP contribution in [0.5, 0.6) is 0 Å². The van der Waals surface area contributed by atoms with E-state index in [0.717, 1.165) is 18.9 Å². The lowest BCUT2D eigenvalue weighted by Gasteiger charge is -2.27. The van der Waals surface area contributed by atoms with Gasteiger partial charge in [-0.25, -0.2) is 9.59 Å². The van der Waals surface area contributed by atoms with Gasteiger partial charge in [0.15, 0.2) is 5.60 Å². The Morgan fingerprint density at radius 2 is 2.24 bits per heavy atom. The quantitative estimate of drug-likeness (QED) is 0.616. The molecule has 3 N–H and O–H groups in total. The molecule has 17 heavy (non-hydrogen) atoms. The minimum atomic E-state index is -1.93. The van der Waals surface area contributed by atoms with Crippen molar-refractivity contribution >= 4 is 12.0 Å². The molecule has 0 aromatic rings. The maximum Gasteiger partial charge on any atom is 0.337 e. The predicted molar refractivity (Wildman–Crippen MR) is 61.6 cm³/mol. The van der Waals surface area contributed by atoms with E-state index in [9.17, 15) is 14.7 Å². The minimum absolute atomic E-state index is 0.305. The van der Waals surface area contributed by atoms with Crippen LogP contribution in [0.3, 0.4) is 0 Å². The number of carboxylic acid groups (broad SMARTS) is 1. The largest absolute Gasteiger partial charge is 0.479 e. The number of carboxylic acids is 1. The lowest BCUT2D eigenvalue weighted by atomic mass is 10.1. The van der Waals surface area contributed by atoms with Crippen molar-refractivity contribution in [3.8, 4) is 0 Å². The predicted octanol–water partition coefficient (Wildman–Crippen LogP) is 0.184. The first kappa shape index (κ1) is 13.5. The lowest BCUT2D eigenvalue weighted by Crippen LogP contribution is -2.51. The first-order chi connectivity index (χ1) is 7.83. The normalized spacial score (nSPS) is 19.2. The standard InChI is InChI=1S/C11H18N2O4/c1-8-4-3-5-13(6-8)10(16)12-7-11(2,17)9(14)15/h4,17H,3,5-7H2,1-2H3,(H,12,16)(H,14,15). The van der Waals surface area contributed by atoms with E-state index >= 15 is 0 Å². The number of nitrogens with zero attached hydrogens (tertiary/aromatic N) is 1. The van der Waals surface area contributed by atoms with Crippen LogP contribution < -0.4 is 5.32 Å². The summed E-state index contributed by atoms with van der Waals surface area (Å²) in [4.78, 5) is 23.9. The second kappa shape index (κ2) is 5.18. The smallest absolute Gasteiger partial charge is 0.337 e. The number of hydrogen-bond acceptors (Lipinski definition) is 3. The summed E-state index contributed by atoms with van der Waals surface area (Å²) in [6.07, 6.45) is 2.87. The van der Waals surface area contributed by atoms with E-state index in [1.165, 1.54) is 0 Å². The van der Waals surface area contributed by atoms with Crippen molar-refractivity contribution < 1.29 is 19.8 Å². The molecule has 0 bridgehead atoms. The summed E-state index contributed by atoms with van der Waals surface area (Å²) in [5.41, 5.74) is -0.826. The van der Waals surface area contributed by atoms with Gasteiger partial charge in [0.25, 0.3) is 0 Å². The van der Waals surface area contributed by atoms with Gasteiger partial charge in [0, 0.05) is 13.1 Å². The van der Waals surface area contributed by atoms with E-state index in [-0.39, 0.29) is 12.6 Å². The van der Waals surface area contributed by atoms with Gasteiger partial charge in [-0.2, -0.15) is 0 Å². The number of carbonyl (C=O) groups is 2. The van der Waals surface area contributed by atoms with Crippen LogP contribution >= 0.6 is 0 Å². The zero-order chi connectivity index (χ0) is 13.1. The van der Waals surface area contributed by atoms with Gasteiger partial charge in [0.05, 0.1) is 6.54 Å². The summed E-state index contributed by atoms with van der Waals surface area (Å²) < 4.78 is 0. The van der Waals surface area contributed by atoms with E-state index in [2.05, 4.69) is 11.4 Å². The summed E-state index contributed by atoms with van der Waals surface area (Å²) in [7, 11) is 0. The Labute approximate surface area is 99.9 Å². The van der Waals surface area contributed by atoms with E-state index in [0.29, 0.717) is 13.1 Å². The topological polar surface area (TPSA) is 89.9 Å². The van der Waals surface area contributed by atoms with Crippen LogP contribution in [0.2, 0.25) is 0 Å². The Morgan fingerprint density at radius 3 is 2.76 bits per heavy atom. The number of amides is 2. The number of aliphatic carboxylic acids is 1. The summed E-state index contributed by atoms with van der Waals surface area (Å²) in [6, 6.07) is -0.348. The van der Waals surface area contributed by atoms with E-state index in [1.807, 2.05) is 6.92 Å². The van der Waals surface area contributed by atoms with Gasteiger partial charge >= 0.3 is 12.0 Å². The van der Waals surface area contributed by atoms with Gasteiger partial charge in [0.1, 0.15) is 0 Å². The summed E-state index contributed by atoms with van der Waals surface area (Å²) >= 11 is 0. The Kier molecular flexibility index (Phi) is 4.11. The van der Waals surface area contributed by atoms with Crippen LogP contribution in [-0.4, -0.2) is 52.3 Å². The zero-order valence-corrected chi connectivity index (χ0v) is 10.1. The monoisotopic (exact) mass is 242 g/mol. The third kappa shape index (κ3) is 3.74. The number of carbonyl (C=O) groups excluding carboxylic acids is 1. The van der Waals surface area contributed by atoms with Crippen molar-refractivity contribution in [2.45, 2.75) is 25.9 Å². The van der Waals surface area contributed by atoms with Gasteiger partial charge in [-0.05, 0) is 20.3 Å². The molecule has 96 valence electrons. The fourth-order valence-corrected chi connectivity index (χ4v) is 1.52. The van der Waals surface area contributed by atoms with Crippen LogP contribution in [0, 0.1) is 0 Å². The lowest BCUT2D eigenvalue weighted by molar-refractivity contribution is -0.155. The Hall–Kier alpha value is -1.56. The highest BCUT2D eigenvalue weighted by Crippen LogP contribution is 2.09. The second-order valence-corrected chi connectivity index (χ2v) is 4.50. The highest BCUT2D eigenvalue weighted by Gasteiger charge is 2.31. The molecule has 0 aromatic carbocycles. The Balaban J connectivity index is 2.45. The third-order valence-electron chi connectivity index (χ3n) is 2.66. The van der Waals surface area contributed by atoms with Gasteiger partial charge in [-0.3, -0.25) is 0 Å². The minimum Gasteiger partial charge on any atom is -0.479 e. The molecular formula is C11H18N2O4. The molecule has 1 atom stereocenters. The van der Waals surface area contributed by atoms with Crippen LogP contribution in [0.1, 0.15) is 20.3 Å². The van der Waals surface area contributed by atoms with Gasteiger partial charge in [0.2, 0.25) is 0 Å². The van der Waals surface area contributed by atoms with E-state index in [1.54, 1.807) is 4.90 Å². The zero-order valence-electron chi connectivity index (χ0n) is 10.1. The molecule has 0 aliphatic carbocycles. The van der Waals surface area contributed by atoms with Crippen LogP contribution in [0.4, 0.5) is 4.79 Å². The first-order valence-corrected chi connectivity index (χ1v) is 5.47. The molecule has 1 unspecified atom stereocenters. The average Bonchev–Trinajstić information content (AvgIpc) is 2.25. The summed E-state index contributed by atoms with van der Waals surface area (Å²) in [6.45, 7) is 3.93. The van der Waals surface area contributed by atoms with Gasteiger partial charge in [-0.1, -0.05) is 11.6 Å². The summed E-state index contributed by atoms with van der Waals surface area (Å²) in [5.74, 6) is -1.35. The highest BCUT2D eigenvalue weighted by molar-refractivity contribution is 5.79. The fourth-order valence-electron chi connectivity index (χ4n) is 1.52. The molecule has 2 amide bonds. The molecule has 0 spiro atoms. The molecule has 0 radical (unpaired) electrons. The Morgan fingerprint density at radius 1 is 1.59 bits per heavy atom. The van der Waals surface area contributed by atoms with Crippen molar-refractivity contribution in [3.05, 3.63) is 11.6 Å². The van der Waals surface area contributed by atoms with Crippen LogP contribution in [-0.2, 0) is 4.79 Å². The molecule has 1 aliphatic heterocycles. The first-order valence-electron chi connectivity index (χ1n) is 5.47. The number of aliphatic hydroxyl groups is 1. The molecule has 0 aromatic heterocycles. The molecular weight excluding hydrogens is 224 g/mol. The maximum atomic E-state index is 11.7. The average molecular weight is 242 g/mol. The molecule has 0 fully saturated rings. The maximum absolute atomic E-state index is 11.7. The van der Waals surface area contributed by atoms with Gasteiger partial charge in [-0.15, -0.1) is 0 Å². The van der Waals surface area contributed by atoms with Gasteiger partial charge < -0.3 is 20.4 Å². The number of rotatable bonds is 3. The third-order valence-corrected chi connectivity index (χ3v) is 2.66. The molecule has 1 rings (SSSR count). The molecule has 6 nitrogen and oxygen atoms in total. The van der Waals surface area contributed by atoms with E-state index < -0.39 is 11.6 Å². The second-order valence-electron chi connectivity index (χ2n) is 4.50. The number of nitrogens with one attached hydrogen (secondary N) is 1. The van der Waals surface area contributed by atoms with Crippen molar-refractivity contribution in [1.82, 2.24) is 10.2 Å². The van der Waals surface area contributed by atoms with Crippen LogP contribution in [0.15, 0.2) is 11.6 Å². The number of urea groups is 1. The SMILES string of the molecule is CC1=CCCN(C(=O)NCC(C)(O)C(=O)O)C1. The van der Waals surface area contributed by atoms with Crippen molar-refractivity contribution in [2.75, 3.05) is 19.6 Å². The fraction of sp³-hybridized carbons (Fsp3) is 0.636. The van der Waals surface area contributed by atoms with Crippen molar-refractivity contribution in [1.29, 1.82) is 0 Å². The Bertz CT molecular complexity index is 349. The van der Waals surface area contributed by atoms with Crippen molar-refractivity contribution in [2.24, 2.45) is 0 Å². The molecule has 1 heterocycles. The molecule has 1 aliphatic rings. The van der Waals surface area contributed by atoms with Crippen LogP contribution in [0.25, 0.3) is 0 Å². The van der Waals surface area contributed by atoms with E-state index in [4.69, 9.17) is 5.11 Å². The molecule has 6 heteroatoms.